The molecular weight excluding hydrogens is 402 g/mol. The molecule has 0 fully saturated rings. The lowest BCUT2D eigenvalue weighted by atomic mass is 10.1. The van der Waals surface area contributed by atoms with Crippen molar-refractivity contribution >= 4 is 23.4 Å². The highest BCUT2D eigenvalue weighted by Gasteiger charge is 2.09. The van der Waals surface area contributed by atoms with Crippen LogP contribution in [0, 0.1) is 13.8 Å². The first-order chi connectivity index (χ1) is 15.1. The van der Waals surface area contributed by atoms with E-state index in [2.05, 4.69) is 51.3 Å². The minimum absolute atomic E-state index is 0.0973. The van der Waals surface area contributed by atoms with E-state index in [-0.39, 0.29) is 5.91 Å². The summed E-state index contributed by atoms with van der Waals surface area (Å²) in [6, 6.07) is 24.3. The van der Waals surface area contributed by atoms with Crippen LogP contribution in [-0.2, 0) is 12.3 Å². The number of hydrogen-bond acceptors (Lipinski definition) is 3. The summed E-state index contributed by atoms with van der Waals surface area (Å²) in [6.07, 6.45) is 3.76. The molecule has 0 aliphatic carbocycles. The van der Waals surface area contributed by atoms with E-state index in [0.717, 1.165) is 34.9 Å². The maximum atomic E-state index is 12.7. The molecule has 0 aliphatic rings. The summed E-state index contributed by atoms with van der Waals surface area (Å²) >= 11 is 1.81. The molecule has 0 atom stereocenters. The number of carbonyl (C=O) groups is 1. The molecule has 1 heterocycles. The molecule has 0 spiro atoms. The molecule has 5 heteroatoms. The van der Waals surface area contributed by atoms with Gasteiger partial charge in [0.15, 0.2) is 0 Å². The molecule has 0 saturated carbocycles. The van der Waals surface area contributed by atoms with Crippen molar-refractivity contribution in [3.05, 3.63) is 113 Å². The second kappa shape index (κ2) is 9.67. The summed E-state index contributed by atoms with van der Waals surface area (Å²) in [5.74, 6) is 1.78. The lowest BCUT2D eigenvalue weighted by Crippen LogP contribution is -2.13. The van der Waals surface area contributed by atoms with Crippen LogP contribution in [0.5, 0.6) is 0 Å². The highest BCUT2D eigenvalue weighted by Crippen LogP contribution is 2.25. The van der Waals surface area contributed by atoms with Gasteiger partial charge in [-0.15, -0.1) is 11.8 Å². The quantitative estimate of drug-likeness (QED) is 0.363. The van der Waals surface area contributed by atoms with Gasteiger partial charge in [0.25, 0.3) is 5.91 Å². The lowest BCUT2D eigenvalue weighted by Gasteiger charge is -2.11. The van der Waals surface area contributed by atoms with Crippen molar-refractivity contribution in [3.63, 3.8) is 0 Å². The first-order valence-corrected chi connectivity index (χ1v) is 11.2. The molecule has 156 valence electrons. The number of anilines is 1. The van der Waals surface area contributed by atoms with Crippen LogP contribution in [0.1, 0.15) is 32.9 Å². The van der Waals surface area contributed by atoms with E-state index in [0.29, 0.717) is 5.56 Å². The van der Waals surface area contributed by atoms with E-state index in [9.17, 15) is 4.79 Å². The standard InChI is InChI=1S/C26H25N3OS/c1-19-16-22(18-31-24-6-4-3-5-7-24)10-13-25(19)28-26(30)23-11-8-21(9-12-23)17-29-15-14-27-20(29)2/h3-16H,17-18H2,1-2H3,(H,28,30). The largest absolute Gasteiger partial charge is 0.331 e. The van der Waals surface area contributed by atoms with Gasteiger partial charge in [-0.3, -0.25) is 4.79 Å². The summed E-state index contributed by atoms with van der Waals surface area (Å²) in [6.45, 7) is 4.76. The Morgan fingerprint density at radius 3 is 2.39 bits per heavy atom. The third-order valence-electron chi connectivity index (χ3n) is 5.18. The Balaban J connectivity index is 1.37. The van der Waals surface area contributed by atoms with Gasteiger partial charge in [0.05, 0.1) is 0 Å². The number of imidazole rings is 1. The molecule has 0 saturated heterocycles. The predicted molar refractivity (Wildman–Crippen MR) is 128 cm³/mol. The number of rotatable bonds is 7. The Hall–Kier alpha value is -3.31. The van der Waals surface area contributed by atoms with Gasteiger partial charge in [-0.1, -0.05) is 42.5 Å². The highest BCUT2D eigenvalue weighted by atomic mass is 32.2. The molecule has 0 aliphatic heterocycles. The topological polar surface area (TPSA) is 46.9 Å². The van der Waals surface area contributed by atoms with Gasteiger partial charge in [0.1, 0.15) is 5.82 Å². The normalized spacial score (nSPS) is 10.8. The number of benzene rings is 3. The summed E-state index contributed by atoms with van der Waals surface area (Å²) in [5.41, 5.74) is 4.93. The summed E-state index contributed by atoms with van der Waals surface area (Å²) in [4.78, 5) is 18.2. The van der Waals surface area contributed by atoms with Crippen LogP contribution < -0.4 is 5.32 Å². The van der Waals surface area contributed by atoms with Crippen molar-refractivity contribution in [2.24, 2.45) is 0 Å². The number of carbonyl (C=O) groups excluding carboxylic acids is 1. The number of aromatic nitrogens is 2. The van der Waals surface area contributed by atoms with Gasteiger partial charge in [-0.05, 0) is 60.9 Å². The second-order valence-electron chi connectivity index (χ2n) is 7.50. The Morgan fingerprint density at radius 2 is 1.71 bits per heavy atom. The van der Waals surface area contributed by atoms with Crippen molar-refractivity contribution in [1.29, 1.82) is 0 Å². The zero-order valence-corrected chi connectivity index (χ0v) is 18.5. The van der Waals surface area contributed by atoms with Crippen LogP contribution in [0.25, 0.3) is 0 Å². The van der Waals surface area contributed by atoms with Gasteiger partial charge >= 0.3 is 0 Å². The van der Waals surface area contributed by atoms with Crippen LogP contribution >= 0.6 is 11.8 Å². The van der Waals surface area contributed by atoms with Crippen LogP contribution in [-0.4, -0.2) is 15.5 Å². The van der Waals surface area contributed by atoms with E-state index in [1.807, 2.05) is 68.2 Å². The first kappa shape index (κ1) is 20.9. The average Bonchev–Trinajstić information content (AvgIpc) is 3.19. The Kier molecular flexibility index (Phi) is 6.53. The van der Waals surface area contributed by atoms with E-state index >= 15 is 0 Å². The molecule has 1 aromatic heterocycles. The Bertz CT molecular complexity index is 1170. The SMILES string of the molecule is Cc1cc(CSc2ccccc2)ccc1NC(=O)c1ccc(Cn2ccnc2C)cc1. The zero-order chi connectivity index (χ0) is 21.6. The number of nitrogens with one attached hydrogen (secondary N) is 1. The first-order valence-electron chi connectivity index (χ1n) is 10.2. The zero-order valence-electron chi connectivity index (χ0n) is 17.7. The molecule has 0 radical (unpaired) electrons. The molecule has 0 unspecified atom stereocenters. The van der Waals surface area contributed by atoms with Crippen molar-refractivity contribution in [2.45, 2.75) is 31.0 Å². The number of nitrogens with zero attached hydrogens (tertiary/aromatic N) is 2. The Morgan fingerprint density at radius 1 is 0.968 bits per heavy atom. The molecule has 4 nitrogen and oxygen atoms in total. The number of thioether (sulfide) groups is 1. The van der Waals surface area contributed by atoms with E-state index in [1.165, 1.54) is 10.5 Å². The molecule has 31 heavy (non-hydrogen) atoms. The van der Waals surface area contributed by atoms with Gasteiger partial charge < -0.3 is 9.88 Å². The maximum absolute atomic E-state index is 12.7. The number of hydrogen-bond donors (Lipinski definition) is 1. The van der Waals surface area contributed by atoms with Crippen molar-refractivity contribution < 1.29 is 4.79 Å². The fraction of sp³-hybridized carbons (Fsp3) is 0.154. The Labute approximate surface area is 187 Å². The van der Waals surface area contributed by atoms with Gasteiger partial charge in [-0.2, -0.15) is 0 Å². The predicted octanol–water partition coefficient (Wildman–Crippen LogP) is 6.09. The monoisotopic (exact) mass is 427 g/mol. The van der Waals surface area contributed by atoms with Crippen molar-refractivity contribution in [3.8, 4) is 0 Å². The number of amides is 1. The summed E-state index contributed by atoms with van der Waals surface area (Å²) in [7, 11) is 0. The van der Waals surface area contributed by atoms with Gasteiger partial charge in [0, 0.05) is 40.8 Å². The minimum Gasteiger partial charge on any atom is -0.331 e. The molecule has 0 bridgehead atoms. The van der Waals surface area contributed by atoms with Gasteiger partial charge in [-0.25, -0.2) is 4.98 Å². The summed E-state index contributed by atoms with van der Waals surface area (Å²) < 4.78 is 2.08. The van der Waals surface area contributed by atoms with E-state index < -0.39 is 0 Å². The smallest absolute Gasteiger partial charge is 0.255 e. The lowest BCUT2D eigenvalue weighted by molar-refractivity contribution is 0.102. The van der Waals surface area contributed by atoms with E-state index in [1.54, 1.807) is 6.20 Å². The fourth-order valence-electron chi connectivity index (χ4n) is 3.36. The molecule has 3 aromatic carbocycles. The molecule has 4 rings (SSSR count). The van der Waals surface area contributed by atoms with Gasteiger partial charge in [0.2, 0.25) is 0 Å². The average molecular weight is 428 g/mol. The molecule has 4 aromatic rings. The minimum atomic E-state index is -0.0973. The van der Waals surface area contributed by atoms with Crippen LogP contribution in [0.4, 0.5) is 5.69 Å². The van der Waals surface area contributed by atoms with Crippen molar-refractivity contribution in [2.75, 3.05) is 5.32 Å². The second-order valence-corrected chi connectivity index (χ2v) is 8.55. The molecule has 1 amide bonds. The van der Waals surface area contributed by atoms with Crippen molar-refractivity contribution in [1.82, 2.24) is 9.55 Å². The maximum Gasteiger partial charge on any atom is 0.255 e. The third kappa shape index (κ3) is 5.44. The molecular formula is C26H25N3OS. The molecule has 1 N–H and O–H groups in total. The van der Waals surface area contributed by atoms with Crippen LogP contribution in [0.3, 0.4) is 0 Å². The van der Waals surface area contributed by atoms with E-state index in [4.69, 9.17) is 0 Å². The summed E-state index contributed by atoms with van der Waals surface area (Å²) in [5, 5.41) is 3.04. The third-order valence-corrected chi connectivity index (χ3v) is 6.26. The van der Waals surface area contributed by atoms with Crippen LogP contribution in [0.15, 0.2) is 90.1 Å². The fourth-order valence-corrected chi connectivity index (χ4v) is 4.23. The number of aryl methyl sites for hydroxylation is 2. The van der Waals surface area contributed by atoms with Crippen LogP contribution in [0.2, 0.25) is 0 Å². The highest BCUT2D eigenvalue weighted by molar-refractivity contribution is 7.98.